The predicted molar refractivity (Wildman–Crippen MR) is 107 cm³/mol. The van der Waals surface area contributed by atoms with E-state index >= 15 is 0 Å². The molecule has 1 aromatic rings. The number of ether oxygens (including phenoxy) is 1. The molecule has 1 heterocycles. The number of likely N-dealkylation sites (tertiary alicyclic amines) is 1. The van der Waals surface area contributed by atoms with Crippen molar-refractivity contribution in [2.45, 2.75) is 70.4 Å². The van der Waals surface area contributed by atoms with Gasteiger partial charge < -0.3 is 9.84 Å². The molecule has 3 nitrogen and oxygen atoms in total. The van der Waals surface area contributed by atoms with E-state index in [1.54, 1.807) is 0 Å². The van der Waals surface area contributed by atoms with Crippen molar-refractivity contribution in [3.05, 3.63) is 35.9 Å². The van der Waals surface area contributed by atoms with Gasteiger partial charge in [0, 0.05) is 19.3 Å². The first-order valence-corrected chi connectivity index (χ1v) is 10.8. The standard InChI is InChI=1S/C23H37NO2/c1-2-3-16-26-18-19-11-13-21(14-12-19)22-10-7-15-24(22)23(17-25)20-8-5-4-6-9-20/h4-6,8-9,19,21-23,25H,2-3,7,10-18H2,1H3/t19?,21?,22-,23-/m1/s1. The van der Waals surface area contributed by atoms with Gasteiger partial charge in [0.2, 0.25) is 0 Å². The van der Waals surface area contributed by atoms with Crippen LogP contribution in [0.4, 0.5) is 0 Å². The highest BCUT2D eigenvalue weighted by atomic mass is 16.5. The van der Waals surface area contributed by atoms with Crippen molar-refractivity contribution in [1.82, 2.24) is 4.90 Å². The predicted octanol–water partition coefficient (Wildman–Crippen LogP) is 4.81. The molecule has 26 heavy (non-hydrogen) atoms. The van der Waals surface area contributed by atoms with E-state index in [-0.39, 0.29) is 12.6 Å². The lowest BCUT2D eigenvalue weighted by molar-refractivity contribution is 0.0454. The smallest absolute Gasteiger partial charge is 0.0628 e. The molecule has 0 bridgehead atoms. The number of aliphatic hydroxyl groups excluding tert-OH is 1. The van der Waals surface area contributed by atoms with Crippen LogP contribution < -0.4 is 0 Å². The second-order valence-corrected chi connectivity index (χ2v) is 8.27. The Balaban J connectivity index is 1.52. The summed E-state index contributed by atoms with van der Waals surface area (Å²) in [6, 6.07) is 11.4. The van der Waals surface area contributed by atoms with Crippen molar-refractivity contribution in [2.75, 3.05) is 26.4 Å². The van der Waals surface area contributed by atoms with Crippen LogP contribution in [-0.4, -0.2) is 42.4 Å². The Kier molecular flexibility index (Phi) is 7.97. The minimum absolute atomic E-state index is 0.166. The Morgan fingerprint density at radius 2 is 1.88 bits per heavy atom. The largest absolute Gasteiger partial charge is 0.394 e. The molecule has 2 atom stereocenters. The van der Waals surface area contributed by atoms with E-state index in [2.05, 4.69) is 42.2 Å². The van der Waals surface area contributed by atoms with Gasteiger partial charge in [-0.05, 0) is 68.9 Å². The van der Waals surface area contributed by atoms with E-state index in [1.807, 2.05) is 0 Å². The summed E-state index contributed by atoms with van der Waals surface area (Å²) in [5.41, 5.74) is 1.26. The second kappa shape index (κ2) is 10.4. The normalized spacial score (nSPS) is 28.3. The van der Waals surface area contributed by atoms with Gasteiger partial charge in [-0.2, -0.15) is 0 Å². The number of benzene rings is 1. The Bertz CT molecular complexity index is 498. The first-order chi connectivity index (χ1) is 12.8. The quantitative estimate of drug-likeness (QED) is 0.642. The molecule has 0 unspecified atom stereocenters. The molecule has 0 spiro atoms. The highest BCUT2D eigenvalue weighted by Gasteiger charge is 2.37. The van der Waals surface area contributed by atoms with Gasteiger partial charge in [-0.1, -0.05) is 43.7 Å². The first-order valence-electron chi connectivity index (χ1n) is 10.8. The lowest BCUT2D eigenvalue weighted by atomic mass is 9.78. The molecule has 3 heteroatoms. The molecule has 0 aromatic heterocycles. The van der Waals surface area contributed by atoms with Crippen LogP contribution in [0.3, 0.4) is 0 Å². The van der Waals surface area contributed by atoms with Crippen molar-refractivity contribution < 1.29 is 9.84 Å². The van der Waals surface area contributed by atoms with Gasteiger partial charge in [0.25, 0.3) is 0 Å². The van der Waals surface area contributed by atoms with Gasteiger partial charge in [0.1, 0.15) is 0 Å². The molecule has 2 aliphatic rings. The third kappa shape index (κ3) is 5.09. The number of hydrogen-bond donors (Lipinski definition) is 1. The molecule has 1 saturated heterocycles. The van der Waals surface area contributed by atoms with E-state index < -0.39 is 0 Å². The fourth-order valence-electron chi connectivity index (χ4n) is 5.02. The number of unbranched alkanes of at least 4 members (excludes halogenated alkanes) is 1. The average Bonchev–Trinajstić information content (AvgIpc) is 3.17. The Hall–Kier alpha value is -0.900. The Morgan fingerprint density at radius 1 is 1.12 bits per heavy atom. The van der Waals surface area contributed by atoms with Gasteiger partial charge >= 0.3 is 0 Å². The van der Waals surface area contributed by atoms with Crippen molar-refractivity contribution in [3.8, 4) is 0 Å². The summed E-state index contributed by atoms with van der Waals surface area (Å²) in [6.07, 6.45) is 10.3. The molecule has 1 aromatic carbocycles. The maximum atomic E-state index is 10.1. The topological polar surface area (TPSA) is 32.7 Å². The van der Waals surface area contributed by atoms with Crippen LogP contribution >= 0.6 is 0 Å². The summed E-state index contributed by atoms with van der Waals surface area (Å²) in [6.45, 7) is 5.47. The van der Waals surface area contributed by atoms with E-state index in [4.69, 9.17) is 4.74 Å². The van der Waals surface area contributed by atoms with Crippen LogP contribution in [-0.2, 0) is 4.74 Å². The number of hydrogen-bond acceptors (Lipinski definition) is 3. The van der Waals surface area contributed by atoms with Crippen molar-refractivity contribution in [1.29, 1.82) is 0 Å². The zero-order chi connectivity index (χ0) is 18.2. The van der Waals surface area contributed by atoms with Crippen LogP contribution in [0.5, 0.6) is 0 Å². The molecular weight excluding hydrogens is 322 g/mol. The summed E-state index contributed by atoms with van der Waals surface area (Å²) in [7, 11) is 0. The Morgan fingerprint density at radius 3 is 2.58 bits per heavy atom. The summed E-state index contributed by atoms with van der Waals surface area (Å²) >= 11 is 0. The molecule has 1 aliphatic heterocycles. The zero-order valence-electron chi connectivity index (χ0n) is 16.5. The van der Waals surface area contributed by atoms with E-state index in [0.717, 1.165) is 31.6 Å². The molecule has 2 fully saturated rings. The average molecular weight is 360 g/mol. The fraction of sp³-hybridized carbons (Fsp3) is 0.739. The first kappa shape index (κ1) is 19.9. The van der Waals surface area contributed by atoms with Crippen LogP contribution in [0, 0.1) is 11.8 Å². The highest BCUT2D eigenvalue weighted by Crippen LogP contribution is 2.40. The molecular formula is C23H37NO2. The van der Waals surface area contributed by atoms with Gasteiger partial charge in [-0.15, -0.1) is 0 Å². The minimum atomic E-state index is 0.166. The molecule has 0 radical (unpaired) electrons. The summed E-state index contributed by atoms with van der Waals surface area (Å²) < 4.78 is 5.87. The van der Waals surface area contributed by atoms with E-state index in [1.165, 1.54) is 56.9 Å². The monoisotopic (exact) mass is 359 g/mol. The maximum Gasteiger partial charge on any atom is 0.0628 e. The summed E-state index contributed by atoms with van der Waals surface area (Å²) in [5.74, 6) is 1.56. The Labute approximate surface area is 159 Å². The third-order valence-corrected chi connectivity index (χ3v) is 6.53. The molecule has 3 rings (SSSR count). The van der Waals surface area contributed by atoms with Crippen LogP contribution in [0.1, 0.15) is 69.9 Å². The van der Waals surface area contributed by atoms with E-state index in [0.29, 0.717) is 6.04 Å². The van der Waals surface area contributed by atoms with Crippen molar-refractivity contribution in [2.24, 2.45) is 11.8 Å². The minimum Gasteiger partial charge on any atom is -0.394 e. The van der Waals surface area contributed by atoms with Gasteiger partial charge in [0.15, 0.2) is 0 Å². The number of nitrogens with zero attached hydrogens (tertiary/aromatic N) is 1. The van der Waals surface area contributed by atoms with Crippen LogP contribution in [0.2, 0.25) is 0 Å². The second-order valence-electron chi connectivity index (χ2n) is 8.27. The highest BCUT2D eigenvalue weighted by molar-refractivity contribution is 5.20. The summed E-state index contributed by atoms with van der Waals surface area (Å²) in [5, 5.41) is 10.1. The lowest BCUT2D eigenvalue weighted by Gasteiger charge is -2.39. The summed E-state index contributed by atoms with van der Waals surface area (Å²) in [4.78, 5) is 2.61. The molecule has 1 saturated carbocycles. The van der Waals surface area contributed by atoms with Crippen molar-refractivity contribution >= 4 is 0 Å². The number of rotatable bonds is 9. The van der Waals surface area contributed by atoms with Crippen molar-refractivity contribution in [3.63, 3.8) is 0 Å². The maximum absolute atomic E-state index is 10.1. The third-order valence-electron chi connectivity index (χ3n) is 6.53. The fourth-order valence-corrected chi connectivity index (χ4v) is 5.02. The number of aliphatic hydroxyl groups is 1. The van der Waals surface area contributed by atoms with Gasteiger partial charge in [-0.3, -0.25) is 4.90 Å². The van der Waals surface area contributed by atoms with Gasteiger partial charge in [0.05, 0.1) is 12.6 Å². The molecule has 1 aliphatic carbocycles. The SMILES string of the molecule is CCCCOCC1CCC([C@H]2CCCN2[C@H](CO)c2ccccc2)CC1. The lowest BCUT2D eigenvalue weighted by Crippen LogP contribution is -2.41. The molecule has 146 valence electrons. The van der Waals surface area contributed by atoms with Crippen LogP contribution in [0.25, 0.3) is 0 Å². The zero-order valence-corrected chi connectivity index (χ0v) is 16.5. The van der Waals surface area contributed by atoms with Crippen LogP contribution in [0.15, 0.2) is 30.3 Å². The van der Waals surface area contributed by atoms with Gasteiger partial charge in [-0.25, -0.2) is 0 Å². The molecule has 1 N–H and O–H groups in total. The van der Waals surface area contributed by atoms with E-state index in [9.17, 15) is 5.11 Å². The molecule has 0 amide bonds.